The lowest BCUT2D eigenvalue weighted by atomic mass is 9.99. The zero-order chi connectivity index (χ0) is 24.4. The maximum Gasteiger partial charge on any atom is 0.269 e. The van der Waals surface area contributed by atoms with Gasteiger partial charge in [-0.25, -0.2) is 9.49 Å². The lowest BCUT2D eigenvalue weighted by Gasteiger charge is -2.36. The first kappa shape index (κ1) is 22.9. The predicted molar refractivity (Wildman–Crippen MR) is 132 cm³/mol. The number of fused-ring (bicyclic) bond motifs is 1. The van der Waals surface area contributed by atoms with E-state index in [4.69, 9.17) is 4.74 Å². The predicted octanol–water partition coefficient (Wildman–Crippen LogP) is 2.83. The number of rotatable bonds is 5. The van der Waals surface area contributed by atoms with Crippen LogP contribution in [0.15, 0.2) is 47.3 Å². The fraction of sp³-hybridized carbons (Fsp3) is 0.346. The molecule has 8 nitrogen and oxygen atoms in total. The molecule has 0 saturated carbocycles. The fourth-order valence-corrected chi connectivity index (χ4v) is 4.75. The van der Waals surface area contributed by atoms with Crippen molar-refractivity contribution in [3.63, 3.8) is 0 Å². The van der Waals surface area contributed by atoms with Gasteiger partial charge in [-0.3, -0.25) is 9.59 Å². The van der Waals surface area contributed by atoms with E-state index in [1.165, 1.54) is 6.07 Å². The number of carbonyl (C=O) groups is 1. The molecule has 5 rings (SSSR count). The van der Waals surface area contributed by atoms with Crippen molar-refractivity contribution in [1.82, 2.24) is 15.1 Å². The summed E-state index contributed by atoms with van der Waals surface area (Å²) < 4.78 is 19.9. The summed E-state index contributed by atoms with van der Waals surface area (Å²) in [6.07, 6.45) is 1.97. The number of anilines is 2. The van der Waals surface area contributed by atoms with Crippen molar-refractivity contribution >= 4 is 17.3 Å². The van der Waals surface area contributed by atoms with Crippen LogP contribution in [-0.2, 0) is 12.8 Å². The zero-order valence-corrected chi connectivity index (χ0v) is 19.6. The summed E-state index contributed by atoms with van der Waals surface area (Å²) in [6.45, 7) is 3.12. The van der Waals surface area contributed by atoms with Gasteiger partial charge in [0.05, 0.1) is 24.1 Å². The highest BCUT2D eigenvalue weighted by Crippen LogP contribution is 2.25. The topological polar surface area (TPSA) is 90.6 Å². The number of nitrogens with one attached hydrogen (secondary N) is 2. The number of nitrogens with zero attached hydrogens (tertiary/aromatic N) is 3. The quantitative estimate of drug-likeness (QED) is 0.587. The minimum absolute atomic E-state index is 0.0617. The van der Waals surface area contributed by atoms with E-state index in [1.807, 2.05) is 24.3 Å². The molecular weight excluding hydrogens is 449 g/mol. The molecule has 0 spiro atoms. The second-order valence-corrected chi connectivity index (χ2v) is 8.85. The second kappa shape index (κ2) is 9.77. The molecule has 9 heteroatoms. The molecular formula is C26H28FN5O3. The molecule has 3 heterocycles. The lowest BCUT2D eigenvalue weighted by Crippen LogP contribution is -2.49. The van der Waals surface area contributed by atoms with Crippen molar-refractivity contribution in [2.24, 2.45) is 0 Å². The number of halogens is 1. The fourth-order valence-electron chi connectivity index (χ4n) is 4.75. The molecule has 2 aliphatic heterocycles. The summed E-state index contributed by atoms with van der Waals surface area (Å²) in [4.78, 5) is 29.2. The zero-order valence-electron chi connectivity index (χ0n) is 19.6. The summed E-state index contributed by atoms with van der Waals surface area (Å²) in [6, 6.07) is 12.4. The van der Waals surface area contributed by atoms with Gasteiger partial charge in [0, 0.05) is 50.4 Å². The number of piperazine rings is 1. The van der Waals surface area contributed by atoms with Crippen LogP contribution in [-0.4, -0.2) is 60.8 Å². The molecule has 2 aromatic carbocycles. The van der Waals surface area contributed by atoms with Crippen LogP contribution in [0.1, 0.15) is 33.6 Å². The smallest absolute Gasteiger partial charge is 0.269 e. The molecule has 2 N–H and O–H groups in total. The highest BCUT2D eigenvalue weighted by molar-refractivity contribution is 5.95. The summed E-state index contributed by atoms with van der Waals surface area (Å²) in [5, 5.41) is 10.1. The first-order chi connectivity index (χ1) is 17.0. The van der Waals surface area contributed by atoms with Crippen LogP contribution in [0.2, 0.25) is 0 Å². The first-order valence-electron chi connectivity index (χ1n) is 11.8. The second-order valence-electron chi connectivity index (χ2n) is 8.85. The Morgan fingerprint density at radius 1 is 1.11 bits per heavy atom. The van der Waals surface area contributed by atoms with Crippen molar-refractivity contribution in [2.45, 2.75) is 19.3 Å². The number of benzene rings is 2. The summed E-state index contributed by atoms with van der Waals surface area (Å²) in [5.41, 5.74) is 3.86. The number of aromatic amines is 1. The van der Waals surface area contributed by atoms with Crippen LogP contribution < -0.4 is 20.5 Å². The summed E-state index contributed by atoms with van der Waals surface area (Å²) in [7, 11) is 1.63. The van der Waals surface area contributed by atoms with Gasteiger partial charge in [-0.05, 0) is 54.8 Å². The Bertz CT molecular complexity index is 1280. The van der Waals surface area contributed by atoms with E-state index in [1.54, 1.807) is 24.1 Å². The van der Waals surface area contributed by atoms with Crippen molar-refractivity contribution in [3.8, 4) is 5.75 Å². The third-order valence-corrected chi connectivity index (χ3v) is 6.70. The molecule has 0 bridgehead atoms. The van der Waals surface area contributed by atoms with Crippen LogP contribution in [0.3, 0.4) is 0 Å². The maximum absolute atomic E-state index is 14.7. The van der Waals surface area contributed by atoms with Crippen LogP contribution in [0, 0.1) is 5.82 Å². The van der Waals surface area contributed by atoms with Crippen LogP contribution in [0.5, 0.6) is 5.75 Å². The average Bonchev–Trinajstić information content (AvgIpc) is 2.91. The SMILES string of the molecule is COc1ccc(N2CCN(C(=O)c3cc(Cc4n[nH]c(=O)c5c4NCCC5)ccc3F)CC2)cc1. The van der Waals surface area contributed by atoms with E-state index in [-0.39, 0.29) is 17.0 Å². The molecule has 182 valence electrons. The monoisotopic (exact) mass is 477 g/mol. The van der Waals surface area contributed by atoms with Crippen LogP contribution in [0.25, 0.3) is 0 Å². The van der Waals surface area contributed by atoms with Gasteiger partial charge in [-0.15, -0.1) is 0 Å². The molecule has 0 unspecified atom stereocenters. The van der Waals surface area contributed by atoms with Gasteiger partial charge in [-0.1, -0.05) is 6.07 Å². The molecule has 35 heavy (non-hydrogen) atoms. The number of amides is 1. The normalized spacial score (nSPS) is 15.4. The van der Waals surface area contributed by atoms with Gasteiger partial charge < -0.3 is 19.9 Å². The Hall–Kier alpha value is -3.88. The van der Waals surface area contributed by atoms with Crippen molar-refractivity contribution < 1.29 is 13.9 Å². The molecule has 2 aliphatic rings. The van der Waals surface area contributed by atoms with E-state index in [9.17, 15) is 14.0 Å². The highest BCUT2D eigenvalue weighted by atomic mass is 19.1. The van der Waals surface area contributed by atoms with Gasteiger partial charge >= 0.3 is 0 Å². The van der Waals surface area contributed by atoms with Crippen LogP contribution in [0.4, 0.5) is 15.8 Å². The Morgan fingerprint density at radius 3 is 2.63 bits per heavy atom. The summed E-state index contributed by atoms with van der Waals surface area (Å²) >= 11 is 0. The number of hydrogen-bond acceptors (Lipinski definition) is 6. The third kappa shape index (κ3) is 4.71. The molecule has 0 aliphatic carbocycles. The molecule has 1 aromatic heterocycles. The molecule has 0 radical (unpaired) electrons. The van der Waals surface area contributed by atoms with E-state index in [2.05, 4.69) is 20.4 Å². The third-order valence-electron chi connectivity index (χ3n) is 6.70. The molecule has 1 fully saturated rings. The van der Waals surface area contributed by atoms with Gasteiger partial charge in [0.25, 0.3) is 11.5 Å². The van der Waals surface area contributed by atoms with E-state index >= 15 is 0 Å². The molecule has 1 amide bonds. The summed E-state index contributed by atoms with van der Waals surface area (Å²) in [5.74, 6) is -0.0505. The van der Waals surface area contributed by atoms with E-state index < -0.39 is 5.82 Å². The number of methoxy groups -OCH3 is 1. The largest absolute Gasteiger partial charge is 0.497 e. The first-order valence-corrected chi connectivity index (χ1v) is 11.8. The number of hydrogen-bond donors (Lipinski definition) is 2. The van der Waals surface area contributed by atoms with Crippen molar-refractivity contribution in [2.75, 3.05) is 50.1 Å². The Balaban J connectivity index is 1.29. The number of carbonyl (C=O) groups excluding carboxylic acids is 1. The van der Waals surface area contributed by atoms with Crippen molar-refractivity contribution in [3.05, 3.63) is 81.0 Å². The Kier molecular flexibility index (Phi) is 6.39. The lowest BCUT2D eigenvalue weighted by molar-refractivity contribution is 0.0742. The Morgan fingerprint density at radius 2 is 1.89 bits per heavy atom. The van der Waals surface area contributed by atoms with E-state index in [0.717, 1.165) is 35.7 Å². The van der Waals surface area contributed by atoms with Crippen LogP contribution >= 0.6 is 0 Å². The molecule has 0 atom stereocenters. The number of ether oxygens (including phenoxy) is 1. The molecule has 3 aromatic rings. The standard InChI is InChI=1S/C26H28FN5O3/c1-35-19-7-5-18(6-8-19)31-11-13-32(14-12-31)26(34)21-15-17(4-9-22(21)27)16-23-24-20(3-2-10-28-24)25(33)30-29-23/h4-9,15,28H,2-3,10-14,16H2,1H3,(H,30,33). The van der Waals surface area contributed by atoms with Crippen molar-refractivity contribution in [1.29, 1.82) is 0 Å². The minimum Gasteiger partial charge on any atom is -0.497 e. The van der Waals surface area contributed by atoms with Gasteiger partial charge in [0.15, 0.2) is 0 Å². The van der Waals surface area contributed by atoms with Gasteiger partial charge in [-0.2, -0.15) is 5.10 Å². The maximum atomic E-state index is 14.7. The number of H-pyrrole nitrogens is 1. The molecule has 1 saturated heterocycles. The number of aromatic nitrogens is 2. The van der Waals surface area contributed by atoms with Gasteiger partial charge in [0.2, 0.25) is 0 Å². The van der Waals surface area contributed by atoms with E-state index in [0.29, 0.717) is 50.3 Å². The average molecular weight is 478 g/mol. The minimum atomic E-state index is -0.536. The van der Waals surface area contributed by atoms with Gasteiger partial charge in [0.1, 0.15) is 11.6 Å². The highest BCUT2D eigenvalue weighted by Gasteiger charge is 2.25. The Labute approximate surface area is 202 Å².